The Balaban J connectivity index is 1.57. The third-order valence-corrected chi connectivity index (χ3v) is 3.98. The van der Waals surface area contributed by atoms with Gasteiger partial charge in [-0.05, 0) is 64.6 Å². The molecule has 1 aliphatic carbocycles. The Hall–Kier alpha value is -0.0800. The summed E-state index contributed by atoms with van der Waals surface area (Å²) in [5.74, 6) is 0. The van der Waals surface area contributed by atoms with E-state index in [0.29, 0.717) is 0 Å². The van der Waals surface area contributed by atoms with E-state index in [-0.39, 0.29) is 0 Å². The molecule has 1 saturated carbocycles. The summed E-state index contributed by atoms with van der Waals surface area (Å²) in [5, 5.41) is 3.65. The van der Waals surface area contributed by atoms with Gasteiger partial charge in [-0.2, -0.15) is 0 Å². The second kappa shape index (κ2) is 6.61. The predicted molar refractivity (Wildman–Crippen MR) is 69.8 cm³/mol. The van der Waals surface area contributed by atoms with E-state index in [9.17, 15) is 0 Å². The average molecular weight is 224 g/mol. The Morgan fingerprint density at radius 1 is 1.12 bits per heavy atom. The highest BCUT2D eigenvalue weighted by Gasteiger charge is 2.27. The zero-order valence-electron chi connectivity index (χ0n) is 10.9. The molecule has 2 aliphatic rings. The van der Waals surface area contributed by atoms with Gasteiger partial charge in [-0.3, -0.25) is 0 Å². The molecule has 0 aromatic rings. The second-order valence-electron chi connectivity index (χ2n) is 5.56. The fraction of sp³-hybridized carbons (Fsp3) is 1.00. The van der Waals surface area contributed by atoms with Crippen LogP contribution in [0.5, 0.6) is 0 Å². The van der Waals surface area contributed by atoms with Crippen LogP contribution < -0.4 is 5.32 Å². The summed E-state index contributed by atoms with van der Waals surface area (Å²) in [6.45, 7) is 6.23. The van der Waals surface area contributed by atoms with Crippen LogP contribution in [0.4, 0.5) is 0 Å². The van der Waals surface area contributed by atoms with Crippen molar-refractivity contribution in [2.75, 3.05) is 19.6 Å². The highest BCUT2D eigenvalue weighted by Crippen LogP contribution is 2.27. The maximum Gasteiger partial charge on any atom is 0.00964 e. The quantitative estimate of drug-likeness (QED) is 0.715. The third kappa shape index (κ3) is 4.06. The van der Waals surface area contributed by atoms with Crippen molar-refractivity contribution in [1.29, 1.82) is 0 Å². The molecule has 1 unspecified atom stereocenters. The minimum absolute atomic E-state index is 0.830. The van der Waals surface area contributed by atoms with Crippen LogP contribution in [0.2, 0.25) is 0 Å². The Kier molecular flexibility index (Phi) is 5.11. The van der Waals surface area contributed by atoms with Crippen LogP contribution in [0.15, 0.2) is 0 Å². The van der Waals surface area contributed by atoms with Crippen molar-refractivity contribution in [2.24, 2.45) is 0 Å². The van der Waals surface area contributed by atoms with E-state index >= 15 is 0 Å². The first-order chi connectivity index (χ1) is 7.90. The zero-order valence-corrected chi connectivity index (χ0v) is 10.9. The molecule has 0 bridgehead atoms. The summed E-state index contributed by atoms with van der Waals surface area (Å²) >= 11 is 0. The molecule has 0 aromatic heterocycles. The van der Waals surface area contributed by atoms with Gasteiger partial charge in [-0.15, -0.1) is 0 Å². The van der Waals surface area contributed by atoms with Crippen molar-refractivity contribution in [1.82, 2.24) is 10.2 Å². The summed E-state index contributed by atoms with van der Waals surface area (Å²) in [6, 6.07) is 1.79. The first kappa shape index (κ1) is 12.4. The minimum Gasteiger partial charge on any atom is -0.314 e. The van der Waals surface area contributed by atoms with E-state index < -0.39 is 0 Å². The van der Waals surface area contributed by atoms with Gasteiger partial charge in [0.2, 0.25) is 0 Å². The molecule has 0 amide bonds. The van der Waals surface area contributed by atoms with Gasteiger partial charge >= 0.3 is 0 Å². The standard InChI is InChI=1S/C14H28N2/c1-2-11-16(14-8-9-14)12-5-7-13-6-3-4-10-15-13/h13-15H,2-12H2,1H3. The summed E-state index contributed by atoms with van der Waals surface area (Å²) in [6.07, 6.45) is 11.3. The highest BCUT2D eigenvalue weighted by atomic mass is 15.2. The van der Waals surface area contributed by atoms with Crippen molar-refractivity contribution in [3.8, 4) is 0 Å². The molecule has 94 valence electrons. The number of hydrogen-bond acceptors (Lipinski definition) is 2. The van der Waals surface area contributed by atoms with Crippen LogP contribution in [0, 0.1) is 0 Å². The van der Waals surface area contributed by atoms with Gasteiger partial charge < -0.3 is 10.2 Å². The molecular formula is C14H28N2. The molecule has 2 rings (SSSR count). The fourth-order valence-corrected chi connectivity index (χ4v) is 2.92. The lowest BCUT2D eigenvalue weighted by Crippen LogP contribution is -2.35. The van der Waals surface area contributed by atoms with Gasteiger partial charge in [0, 0.05) is 12.1 Å². The van der Waals surface area contributed by atoms with E-state index in [4.69, 9.17) is 0 Å². The molecule has 1 saturated heterocycles. The monoisotopic (exact) mass is 224 g/mol. The maximum absolute atomic E-state index is 3.65. The Bertz CT molecular complexity index is 183. The Morgan fingerprint density at radius 3 is 2.62 bits per heavy atom. The van der Waals surface area contributed by atoms with Gasteiger partial charge in [0.15, 0.2) is 0 Å². The van der Waals surface area contributed by atoms with Crippen LogP contribution in [-0.4, -0.2) is 36.6 Å². The second-order valence-corrected chi connectivity index (χ2v) is 5.56. The van der Waals surface area contributed by atoms with Crippen molar-refractivity contribution in [2.45, 2.75) is 70.4 Å². The SMILES string of the molecule is CCCN(CCCC1CCCCN1)C1CC1. The first-order valence-electron chi connectivity index (χ1n) is 7.37. The first-order valence-corrected chi connectivity index (χ1v) is 7.37. The van der Waals surface area contributed by atoms with Gasteiger partial charge in [0.25, 0.3) is 0 Å². The maximum atomic E-state index is 3.65. The summed E-state index contributed by atoms with van der Waals surface area (Å²) in [5.41, 5.74) is 0. The van der Waals surface area contributed by atoms with E-state index in [1.807, 2.05) is 0 Å². The Morgan fingerprint density at radius 2 is 2.00 bits per heavy atom. The number of nitrogens with zero attached hydrogens (tertiary/aromatic N) is 1. The van der Waals surface area contributed by atoms with Crippen LogP contribution in [-0.2, 0) is 0 Å². The smallest absolute Gasteiger partial charge is 0.00964 e. The van der Waals surface area contributed by atoms with Gasteiger partial charge in [-0.25, -0.2) is 0 Å². The van der Waals surface area contributed by atoms with Crippen molar-refractivity contribution >= 4 is 0 Å². The fourth-order valence-electron chi connectivity index (χ4n) is 2.92. The lowest BCUT2D eigenvalue weighted by molar-refractivity contribution is 0.249. The average Bonchev–Trinajstić information content (AvgIpc) is 3.13. The van der Waals surface area contributed by atoms with Gasteiger partial charge in [-0.1, -0.05) is 13.3 Å². The van der Waals surface area contributed by atoms with E-state index in [1.165, 1.54) is 71.0 Å². The van der Waals surface area contributed by atoms with E-state index in [1.54, 1.807) is 0 Å². The Labute approximate surface area is 101 Å². The molecule has 0 spiro atoms. The van der Waals surface area contributed by atoms with Gasteiger partial charge in [0.1, 0.15) is 0 Å². The number of nitrogens with one attached hydrogen (secondary N) is 1. The molecule has 2 heteroatoms. The van der Waals surface area contributed by atoms with Crippen molar-refractivity contribution in [3.05, 3.63) is 0 Å². The minimum atomic E-state index is 0.830. The molecule has 0 radical (unpaired) electrons. The molecule has 0 aromatic carbocycles. The molecule has 1 N–H and O–H groups in total. The topological polar surface area (TPSA) is 15.3 Å². The predicted octanol–water partition coefficient (Wildman–Crippen LogP) is 2.78. The van der Waals surface area contributed by atoms with Gasteiger partial charge in [0.05, 0.1) is 0 Å². The molecule has 1 aliphatic heterocycles. The van der Waals surface area contributed by atoms with Crippen LogP contribution in [0.3, 0.4) is 0 Å². The normalized spacial score (nSPS) is 26.2. The number of hydrogen-bond donors (Lipinski definition) is 1. The van der Waals surface area contributed by atoms with Crippen molar-refractivity contribution < 1.29 is 0 Å². The number of piperidine rings is 1. The summed E-state index contributed by atoms with van der Waals surface area (Å²) in [7, 11) is 0. The van der Waals surface area contributed by atoms with Crippen LogP contribution in [0.1, 0.15) is 58.3 Å². The number of rotatable bonds is 7. The summed E-state index contributed by atoms with van der Waals surface area (Å²) in [4.78, 5) is 2.73. The zero-order chi connectivity index (χ0) is 11.2. The molecule has 1 atom stereocenters. The molecular weight excluding hydrogens is 196 g/mol. The molecule has 2 nitrogen and oxygen atoms in total. The largest absolute Gasteiger partial charge is 0.314 e. The molecule has 2 fully saturated rings. The molecule has 16 heavy (non-hydrogen) atoms. The van der Waals surface area contributed by atoms with E-state index in [0.717, 1.165) is 12.1 Å². The van der Waals surface area contributed by atoms with Crippen molar-refractivity contribution in [3.63, 3.8) is 0 Å². The lowest BCUT2D eigenvalue weighted by Gasteiger charge is -2.26. The van der Waals surface area contributed by atoms with E-state index in [2.05, 4.69) is 17.1 Å². The summed E-state index contributed by atoms with van der Waals surface area (Å²) < 4.78 is 0. The molecule has 1 heterocycles. The third-order valence-electron chi connectivity index (χ3n) is 3.98. The lowest BCUT2D eigenvalue weighted by atomic mass is 10.0. The van der Waals surface area contributed by atoms with Crippen LogP contribution in [0.25, 0.3) is 0 Å². The van der Waals surface area contributed by atoms with Crippen LogP contribution >= 0.6 is 0 Å². The highest BCUT2D eigenvalue weighted by molar-refractivity contribution is 4.84.